The largest absolute Gasteiger partial charge is 0.353 e. The highest BCUT2D eigenvalue weighted by molar-refractivity contribution is 8.00. The maximum atomic E-state index is 10.7. The summed E-state index contributed by atoms with van der Waals surface area (Å²) in [5.41, 5.74) is 0.753. The number of thioether (sulfide) groups is 1. The molecule has 0 saturated carbocycles. The minimum absolute atomic E-state index is 0.0382. The van der Waals surface area contributed by atoms with E-state index < -0.39 is 4.92 Å². The second-order valence-electron chi connectivity index (χ2n) is 4.07. The molecule has 0 atom stereocenters. The van der Waals surface area contributed by atoms with E-state index in [1.807, 2.05) is 19.0 Å². The van der Waals surface area contributed by atoms with Crippen molar-refractivity contribution in [2.75, 3.05) is 19.0 Å². The zero-order valence-electron chi connectivity index (χ0n) is 10.7. The first-order valence-corrected chi connectivity index (χ1v) is 7.72. The fourth-order valence-electron chi connectivity index (χ4n) is 1.37. The smallest absolute Gasteiger partial charge is 0.269 e. The Kier molecular flexibility index (Phi) is 4.79. The number of hydrogen-bond donors (Lipinski definition) is 0. The Morgan fingerprint density at radius 2 is 2.20 bits per heavy atom. The molecule has 20 heavy (non-hydrogen) atoms. The number of halogens is 1. The molecule has 9 heteroatoms. The van der Waals surface area contributed by atoms with E-state index in [0.29, 0.717) is 16.3 Å². The Bertz CT molecular complexity index is 633. The normalized spacial score (nSPS) is 10.6. The van der Waals surface area contributed by atoms with E-state index in [-0.39, 0.29) is 5.69 Å². The minimum Gasteiger partial charge on any atom is -0.353 e. The van der Waals surface area contributed by atoms with Crippen LogP contribution in [0.4, 0.5) is 10.8 Å². The van der Waals surface area contributed by atoms with Crippen LogP contribution in [0.2, 0.25) is 5.02 Å². The first-order valence-electron chi connectivity index (χ1n) is 5.54. The van der Waals surface area contributed by atoms with Crippen LogP contribution in [0, 0.1) is 10.1 Å². The number of anilines is 1. The van der Waals surface area contributed by atoms with E-state index in [1.54, 1.807) is 6.07 Å². The van der Waals surface area contributed by atoms with E-state index in [4.69, 9.17) is 11.6 Å². The Morgan fingerprint density at radius 1 is 1.45 bits per heavy atom. The van der Waals surface area contributed by atoms with Gasteiger partial charge in [-0.1, -0.05) is 34.7 Å². The van der Waals surface area contributed by atoms with Gasteiger partial charge in [-0.3, -0.25) is 10.1 Å². The number of rotatable bonds is 5. The van der Waals surface area contributed by atoms with Gasteiger partial charge in [-0.05, 0) is 11.6 Å². The van der Waals surface area contributed by atoms with Crippen LogP contribution < -0.4 is 4.90 Å². The van der Waals surface area contributed by atoms with Crippen molar-refractivity contribution in [3.63, 3.8) is 0 Å². The molecule has 1 heterocycles. The molecular weight excluding hydrogens is 320 g/mol. The van der Waals surface area contributed by atoms with Crippen molar-refractivity contribution < 1.29 is 4.92 Å². The van der Waals surface area contributed by atoms with Crippen molar-refractivity contribution in [3.05, 3.63) is 38.9 Å². The molecule has 0 aliphatic carbocycles. The van der Waals surface area contributed by atoms with E-state index >= 15 is 0 Å². The molecule has 106 valence electrons. The molecule has 6 nitrogen and oxygen atoms in total. The van der Waals surface area contributed by atoms with Gasteiger partial charge in [0.1, 0.15) is 0 Å². The summed E-state index contributed by atoms with van der Waals surface area (Å²) in [6.45, 7) is 0. The highest BCUT2D eigenvalue weighted by Crippen LogP contribution is 2.32. The Labute approximate surface area is 128 Å². The van der Waals surface area contributed by atoms with Gasteiger partial charge in [0.15, 0.2) is 4.34 Å². The summed E-state index contributed by atoms with van der Waals surface area (Å²) < 4.78 is 0.802. The number of benzene rings is 1. The number of nitro groups is 1. The molecule has 0 saturated heterocycles. The molecule has 0 bridgehead atoms. The SMILES string of the molecule is CN(C)c1nnc(SCc2cc([N+](=O)[O-])ccc2Cl)s1. The number of aromatic nitrogens is 2. The molecule has 0 N–H and O–H groups in total. The second-order valence-corrected chi connectivity index (χ2v) is 6.65. The number of hydrogen-bond acceptors (Lipinski definition) is 7. The number of non-ortho nitro benzene ring substituents is 1. The lowest BCUT2D eigenvalue weighted by Gasteiger charge is -2.04. The lowest BCUT2D eigenvalue weighted by atomic mass is 10.2. The first-order chi connectivity index (χ1) is 9.47. The van der Waals surface area contributed by atoms with Crippen molar-refractivity contribution in [1.29, 1.82) is 0 Å². The molecule has 0 unspecified atom stereocenters. The third kappa shape index (κ3) is 3.59. The third-order valence-electron chi connectivity index (χ3n) is 2.37. The predicted molar refractivity (Wildman–Crippen MR) is 81.9 cm³/mol. The van der Waals surface area contributed by atoms with Crippen LogP contribution >= 0.6 is 34.7 Å². The van der Waals surface area contributed by atoms with Gasteiger partial charge in [-0.25, -0.2) is 0 Å². The fraction of sp³-hybridized carbons (Fsp3) is 0.273. The van der Waals surface area contributed by atoms with Crippen LogP contribution in [0.3, 0.4) is 0 Å². The molecule has 0 spiro atoms. The molecule has 1 aromatic heterocycles. The monoisotopic (exact) mass is 330 g/mol. The van der Waals surface area contributed by atoms with Crippen molar-refractivity contribution in [3.8, 4) is 0 Å². The summed E-state index contributed by atoms with van der Waals surface area (Å²) in [4.78, 5) is 12.2. The summed E-state index contributed by atoms with van der Waals surface area (Å²) in [7, 11) is 3.79. The van der Waals surface area contributed by atoms with Crippen LogP contribution in [-0.4, -0.2) is 29.2 Å². The summed E-state index contributed by atoms with van der Waals surface area (Å²) in [5.74, 6) is 0.516. The van der Waals surface area contributed by atoms with Gasteiger partial charge in [0, 0.05) is 37.0 Å². The average Bonchev–Trinajstić information content (AvgIpc) is 2.86. The number of nitrogens with zero attached hydrogens (tertiary/aromatic N) is 4. The minimum atomic E-state index is -0.431. The third-order valence-corrected chi connectivity index (χ3v) is 5.01. The molecule has 0 radical (unpaired) electrons. The van der Waals surface area contributed by atoms with Crippen LogP contribution in [-0.2, 0) is 5.75 Å². The van der Waals surface area contributed by atoms with Crippen LogP contribution in [0.1, 0.15) is 5.56 Å². The fourth-order valence-corrected chi connectivity index (χ4v) is 3.38. The van der Waals surface area contributed by atoms with E-state index in [0.717, 1.165) is 9.47 Å². The van der Waals surface area contributed by atoms with E-state index in [1.165, 1.54) is 35.2 Å². The summed E-state index contributed by atoms with van der Waals surface area (Å²) in [6, 6.07) is 4.43. The van der Waals surface area contributed by atoms with Crippen molar-refractivity contribution in [1.82, 2.24) is 10.2 Å². The highest BCUT2D eigenvalue weighted by Gasteiger charge is 2.12. The zero-order chi connectivity index (χ0) is 14.7. The zero-order valence-corrected chi connectivity index (χ0v) is 13.1. The summed E-state index contributed by atoms with van der Waals surface area (Å²) >= 11 is 8.97. The Balaban J connectivity index is 2.09. The van der Waals surface area contributed by atoms with E-state index in [9.17, 15) is 10.1 Å². The van der Waals surface area contributed by atoms with Gasteiger partial charge >= 0.3 is 0 Å². The molecule has 1 aromatic carbocycles. The van der Waals surface area contributed by atoms with Crippen LogP contribution in [0.25, 0.3) is 0 Å². The maximum Gasteiger partial charge on any atom is 0.269 e. The quantitative estimate of drug-likeness (QED) is 0.475. The van der Waals surface area contributed by atoms with Gasteiger partial charge < -0.3 is 4.90 Å². The molecule has 0 fully saturated rings. The predicted octanol–water partition coefficient (Wildman–Crippen LogP) is 3.46. The van der Waals surface area contributed by atoms with Crippen LogP contribution in [0.15, 0.2) is 22.5 Å². The van der Waals surface area contributed by atoms with Gasteiger partial charge in [-0.2, -0.15) is 0 Å². The summed E-state index contributed by atoms with van der Waals surface area (Å²) in [5, 5.41) is 20.2. The van der Waals surface area contributed by atoms with Crippen molar-refractivity contribution in [2.24, 2.45) is 0 Å². The number of nitro benzene ring substituents is 1. The average molecular weight is 331 g/mol. The van der Waals surface area contributed by atoms with Crippen molar-refractivity contribution >= 4 is 45.5 Å². The van der Waals surface area contributed by atoms with Gasteiger partial charge in [0.25, 0.3) is 5.69 Å². The molecule has 0 aliphatic rings. The summed E-state index contributed by atoms with van der Waals surface area (Å²) in [6.07, 6.45) is 0. The van der Waals surface area contributed by atoms with Gasteiger partial charge in [0.05, 0.1) is 4.92 Å². The molecule has 0 amide bonds. The molecule has 0 aliphatic heterocycles. The topological polar surface area (TPSA) is 72.2 Å². The highest BCUT2D eigenvalue weighted by atomic mass is 35.5. The Morgan fingerprint density at radius 3 is 2.80 bits per heavy atom. The molecular formula is C11H11ClN4O2S2. The van der Waals surface area contributed by atoms with E-state index in [2.05, 4.69) is 10.2 Å². The maximum absolute atomic E-state index is 10.7. The lowest BCUT2D eigenvalue weighted by molar-refractivity contribution is -0.384. The Hall–Kier alpha value is -1.38. The molecule has 2 rings (SSSR count). The first kappa shape index (κ1) is 15.0. The van der Waals surface area contributed by atoms with Crippen molar-refractivity contribution in [2.45, 2.75) is 10.1 Å². The lowest BCUT2D eigenvalue weighted by Crippen LogP contribution is -2.07. The van der Waals surface area contributed by atoms with Gasteiger partial charge in [0.2, 0.25) is 5.13 Å². The second kappa shape index (κ2) is 6.38. The molecule has 2 aromatic rings. The standard InChI is InChI=1S/C11H11ClN4O2S2/c1-15(2)10-13-14-11(20-10)19-6-7-5-8(16(17)18)3-4-9(7)12/h3-5H,6H2,1-2H3. The van der Waals surface area contributed by atoms with Gasteiger partial charge in [-0.15, -0.1) is 10.2 Å². The van der Waals surface area contributed by atoms with Crippen LogP contribution in [0.5, 0.6) is 0 Å².